The molecule has 0 bridgehead atoms. The van der Waals surface area contributed by atoms with E-state index in [2.05, 4.69) is 17.3 Å². The number of nitrogens with one attached hydrogen (secondary N) is 1. The van der Waals surface area contributed by atoms with Crippen LogP contribution in [0.3, 0.4) is 0 Å². The van der Waals surface area contributed by atoms with Gasteiger partial charge in [-0.1, -0.05) is 49.4 Å². The van der Waals surface area contributed by atoms with Crippen molar-refractivity contribution in [3.05, 3.63) is 78.0 Å². The van der Waals surface area contributed by atoms with Crippen LogP contribution in [0.15, 0.2) is 66.9 Å². The molecular formula is C21H23N3O2. The summed E-state index contributed by atoms with van der Waals surface area (Å²) in [6.07, 6.45) is 2.04. The average molecular weight is 349 g/mol. The Labute approximate surface area is 153 Å². The van der Waals surface area contributed by atoms with Crippen LogP contribution in [-0.4, -0.2) is 21.8 Å². The molecule has 2 aromatic carbocycles. The summed E-state index contributed by atoms with van der Waals surface area (Å²) in [5.74, 6) is 1.12. The third-order valence-electron chi connectivity index (χ3n) is 4.16. The molecule has 0 spiro atoms. The summed E-state index contributed by atoms with van der Waals surface area (Å²) in [6, 6.07) is 19.6. The molecule has 1 aromatic heterocycles. The van der Waals surface area contributed by atoms with Crippen LogP contribution < -0.4 is 10.1 Å². The number of aryl methyl sites for hydroxylation is 1. The van der Waals surface area contributed by atoms with Crippen molar-refractivity contribution in [2.45, 2.75) is 32.9 Å². The molecule has 5 heteroatoms. The van der Waals surface area contributed by atoms with Crippen molar-refractivity contribution >= 4 is 11.7 Å². The van der Waals surface area contributed by atoms with Crippen molar-refractivity contribution < 1.29 is 9.53 Å². The first-order valence-electron chi connectivity index (χ1n) is 8.78. The Morgan fingerprint density at radius 3 is 2.50 bits per heavy atom. The number of benzene rings is 2. The van der Waals surface area contributed by atoms with Crippen molar-refractivity contribution in [1.82, 2.24) is 9.78 Å². The van der Waals surface area contributed by atoms with Gasteiger partial charge >= 0.3 is 0 Å². The molecule has 1 heterocycles. The van der Waals surface area contributed by atoms with Gasteiger partial charge in [-0.2, -0.15) is 5.10 Å². The summed E-state index contributed by atoms with van der Waals surface area (Å²) in [6.45, 7) is 4.43. The van der Waals surface area contributed by atoms with E-state index in [1.165, 1.54) is 5.56 Å². The SMILES string of the molecule is CCc1ccc(O[C@H](C)C(=O)Nc2ccnn2Cc2ccccc2)cc1. The fourth-order valence-corrected chi connectivity index (χ4v) is 2.61. The quantitative estimate of drug-likeness (QED) is 0.704. The van der Waals surface area contributed by atoms with Crippen LogP contribution in [-0.2, 0) is 17.8 Å². The number of rotatable bonds is 7. The number of amides is 1. The van der Waals surface area contributed by atoms with E-state index in [4.69, 9.17) is 4.74 Å². The second-order valence-corrected chi connectivity index (χ2v) is 6.11. The molecule has 0 saturated carbocycles. The number of nitrogens with zero attached hydrogens (tertiary/aromatic N) is 2. The lowest BCUT2D eigenvalue weighted by atomic mass is 10.2. The van der Waals surface area contributed by atoms with Crippen LogP contribution in [0.4, 0.5) is 5.82 Å². The number of ether oxygens (including phenoxy) is 1. The number of aromatic nitrogens is 2. The number of anilines is 1. The van der Waals surface area contributed by atoms with Gasteiger partial charge in [0.1, 0.15) is 11.6 Å². The first kappa shape index (κ1) is 17.7. The van der Waals surface area contributed by atoms with Gasteiger partial charge < -0.3 is 10.1 Å². The predicted octanol–water partition coefficient (Wildman–Crippen LogP) is 3.90. The zero-order chi connectivity index (χ0) is 18.4. The Hall–Kier alpha value is -3.08. The zero-order valence-electron chi connectivity index (χ0n) is 15.1. The van der Waals surface area contributed by atoms with Crippen LogP contribution in [0.1, 0.15) is 25.0 Å². The predicted molar refractivity (Wildman–Crippen MR) is 102 cm³/mol. The van der Waals surface area contributed by atoms with Gasteiger partial charge in [0.15, 0.2) is 6.10 Å². The van der Waals surface area contributed by atoms with E-state index < -0.39 is 6.10 Å². The van der Waals surface area contributed by atoms with Crippen molar-refractivity contribution in [2.75, 3.05) is 5.32 Å². The summed E-state index contributed by atoms with van der Waals surface area (Å²) < 4.78 is 7.50. The number of hydrogen-bond donors (Lipinski definition) is 1. The van der Waals surface area contributed by atoms with Crippen molar-refractivity contribution in [1.29, 1.82) is 0 Å². The van der Waals surface area contributed by atoms with Gasteiger partial charge in [0, 0.05) is 6.07 Å². The highest BCUT2D eigenvalue weighted by atomic mass is 16.5. The highest BCUT2D eigenvalue weighted by Crippen LogP contribution is 2.16. The summed E-state index contributed by atoms with van der Waals surface area (Å²) >= 11 is 0. The van der Waals surface area contributed by atoms with E-state index in [1.807, 2.05) is 54.6 Å². The molecule has 0 radical (unpaired) electrons. The molecule has 0 aliphatic heterocycles. The van der Waals surface area contributed by atoms with E-state index in [-0.39, 0.29) is 5.91 Å². The zero-order valence-corrected chi connectivity index (χ0v) is 15.1. The van der Waals surface area contributed by atoms with E-state index in [9.17, 15) is 4.79 Å². The largest absolute Gasteiger partial charge is 0.481 e. The lowest BCUT2D eigenvalue weighted by molar-refractivity contribution is -0.122. The molecule has 0 aliphatic rings. The van der Waals surface area contributed by atoms with Crippen molar-refractivity contribution in [3.8, 4) is 5.75 Å². The average Bonchev–Trinajstić information content (AvgIpc) is 3.09. The molecule has 0 unspecified atom stereocenters. The maximum atomic E-state index is 12.5. The molecule has 1 N–H and O–H groups in total. The highest BCUT2D eigenvalue weighted by molar-refractivity contribution is 5.93. The normalized spacial score (nSPS) is 11.8. The fraction of sp³-hybridized carbons (Fsp3) is 0.238. The topological polar surface area (TPSA) is 56.1 Å². The van der Waals surface area contributed by atoms with E-state index in [1.54, 1.807) is 23.9 Å². The number of carbonyl (C=O) groups is 1. The summed E-state index contributed by atoms with van der Waals surface area (Å²) in [5, 5.41) is 7.18. The third kappa shape index (κ3) is 4.51. The summed E-state index contributed by atoms with van der Waals surface area (Å²) in [4.78, 5) is 12.5. The maximum absolute atomic E-state index is 12.5. The minimum Gasteiger partial charge on any atom is -0.481 e. The molecule has 0 fully saturated rings. The van der Waals surface area contributed by atoms with Crippen molar-refractivity contribution in [3.63, 3.8) is 0 Å². The van der Waals surface area contributed by atoms with Gasteiger partial charge in [0.05, 0.1) is 12.7 Å². The Balaban J connectivity index is 1.61. The molecule has 0 aliphatic carbocycles. The van der Waals surface area contributed by atoms with E-state index in [0.717, 1.165) is 12.0 Å². The molecular weight excluding hydrogens is 326 g/mol. The van der Waals surface area contributed by atoms with Gasteiger partial charge in [-0.05, 0) is 36.6 Å². The standard InChI is InChI=1S/C21H23N3O2/c1-3-17-9-11-19(12-10-17)26-16(2)21(25)23-20-13-14-22-24(20)15-18-7-5-4-6-8-18/h4-14,16H,3,15H2,1-2H3,(H,23,25)/t16-/m1/s1. The minimum absolute atomic E-state index is 0.209. The molecule has 3 rings (SSSR count). The van der Waals surface area contributed by atoms with Crippen molar-refractivity contribution in [2.24, 2.45) is 0 Å². The van der Waals surface area contributed by atoms with Gasteiger partial charge in [-0.25, -0.2) is 4.68 Å². The van der Waals surface area contributed by atoms with E-state index in [0.29, 0.717) is 18.1 Å². The third-order valence-corrected chi connectivity index (χ3v) is 4.16. The number of hydrogen-bond acceptors (Lipinski definition) is 3. The van der Waals surface area contributed by atoms with Gasteiger partial charge in [0.25, 0.3) is 5.91 Å². The van der Waals surface area contributed by atoms with Gasteiger partial charge in [-0.3, -0.25) is 4.79 Å². The lowest BCUT2D eigenvalue weighted by Gasteiger charge is -2.15. The Morgan fingerprint density at radius 1 is 1.08 bits per heavy atom. The summed E-state index contributed by atoms with van der Waals surface area (Å²) in [7, 11) is 0. The first-order chi connectivity index (χ1) is 12.7. The van der Waals surface area contributed by atoms with Crippen LogP contribution in [0.5, 0.6) is 5.75 Å². The smallest absolute Gasteiger partial charge is 0.266 e. The second-order valence-electron chi connectivity index (χ2n) is 6.11. The summed E-state index contributed by atoms with van der Waals surface area (Å²) in [5.41, 5.74) is 2.35. The van der Waals surface area contributed by atoms with Crippen LogP contribution in [0.25, 0.3) is 0 Å². The van der Waals surface area contributed by atoms with E-state index >= 15 is 0 Å². The molecule has 5 nitrogen and oxygen atoms in total. The van der Waals surface area contributed by atoms with Crippen LogP contribution in [0, 0.1) is 0 Å². The molecule has 0 saturated heterocycles. The lowest BCUT2D eigenvalue weighted by Crippen LogP contribution is -2.31. The van der Waals surface area contributed by atoms with Gasteiger partial charge in [-0.15, -0.1) is 0 Å². The minimum atomic E-state index is -0.609. The number of carbonyl (C=O) groups excluding carboxylic acids is 1. The Bertz CT molecular complexity index is 841. The maximum Gasteiger partial charge on any atom is 0.266 e. The molecule has 1 atom stereocenters. The van der Waals surface area contributed by atoms with Gasteiger partial charge in [0.2, 0.25) is 0 Å². The Kier molecular flexibility index (Phi) is 5.69. The monoisotopic (exact) mass is 349 g/mol. The second kappa shape index (κ2) is 8.34. The molecule has 134 valence electrons. The highest BCUT2D eigenvalue weighted by Gasteiger charge is 2.16. The van der Waals surface area contributed by atoms with Crippen LogP contribution >= 0.6 is 0 Å². The molecule has 1 amide bonds. The fourth-order valence-electron chi connectivity index (χ4n) is 2.61. The van der Waals surface area contributed by atoms with Crippen LogP contribution in [0.2, 0.25) is 0 Å². The molecule has 26 heavy (non-hydrogen) atoms. The Morgan fingerprint density at radius 2 is 1.81 bits per heavy atom. The first-order valence-corrected chi connectivity index (χ1v) is 8.78. The molecule has 3 aromatic rings.